The molecule has 0 bridgehead atoms. The number of hydrogen-bond donors (Lipinski definition) is 2. The summed E-state index contributed by atoms with van der Waals surface area (Å²) in [6.45, 7) is 5.59. The van der Waals surface area contributed by atoms with Gasteiger partial charge < -0.3 is 20.1 Å². The summed E-state index contributed by atoms with van der Waals surface area (Å²) < 4.78 is 10.7. The van der Waals surface area contributed by atoms with Crippen LogP contribution in [0, 0.1) is 0 Å². The Bertz CT molecular complexity index is 430. The van der Waals surface area contributed by atoms with Gasteiger partial charge in [-0.3, -0.25) is 0 Å². The number of nitrogens with one attached hydrogen (secondary N) is 2. The number of anilines is 1. The molecule has 2 heterocycles. The van der Waals surface area contributed by atoms with E-state index in [2.05, 4.69) is 15.6 Å². The molecule has 6 heteroatoms. The van der Waals surface area contributed by atoms with Crippen molar-refractivity contribution in [3.8, 4) is 0 Å². The van der Waals surface area contributed by atoms with E-state index in [0.717, 1.165) is 31.7 Å². The van der Waals surface area contributed by atoms with Crippen LogP contribution < -0.4 is 10.6 Å². The highest BCUT2D eigenvalue weighted by molar-refractivity contribution is 5.89. The van der Waals surface area contributed by atoms with Gasteiger partial charge in [-0.25, -0.2) is 9.78 Å². The lowest BCUT2D eigenvalue weighted by molar-refractivity contribution is 0.0394. The molecule has 0 unspecified atom stereocenters. The number of aromatic nitrogens is 1. The van der Waals surface area contributed by atoms with Crippen molar-refractivity contribution in [1.82, 2.24) is 10.3 Å². The third-order valence-electron chi connectivity index (χ3n) is 3.32. The lowest BCUT2D eigenvalue weighted by Gasteiger charge is -2.23. The molecule has 0 spiro atoms. The molecule has 116 valence electrons. The van der Waals surface area contributed by atoms with Crippen LogP contribution in [0.4, 0.5) is 5.82 Å². The molecule has 2 N–H and O–H groups in total. The normalized spacial score (nSPS) is 15.7. The Labute approximate surface area is 125 Å². The van der Waals surface area contributed by atoms with Gasteiger partial charge in [0.1, 0.15) is 5.82 Å². The van der Waals surface area contributed by atoms with E-state index in [4.69, 9.17) is 9.47 Å². The molecule has 1 saturated heterocycles. The second kappa shape index (κ2) is 8.59. The highest BCUT2D eigenvalue weighted by Gasteiger charge is 2.12. The summed E-state index contributed by atoms with van der Waals surface area (Å²) in [6, 6.07) is 3.48. The van der Waals surface area contributed by atoms with E-state index in [-0.39, 0.29) is 5.97 Å². The maximum atomic E-state index is 11.5. The molecule has 0 atom stereocenters. The second-order valence-electron chi connectivity index (χ2n) is 4.90. The first kappa shape index (κ1) is 15.7. The van der Waals surface area contributed by atoms with Gasteiger partial charge in [0.25, 0.3) is 0 Å². The van der Waals surface area contributed by atoms with Crippen molar-refractivity contribution in [2.45, 2.75) is 25.9 Å². The lowest BCUT2D eigenvalue weighted by atomic mass is 10.1. The molecule has 6 nitrogen and oxygen atoms in total. The van der Waals surface area contributed by atoms with Crippen LogP contribution in [-0.2, 0) is 9.47 Å². The molecule has 0 saturated carbocycles. The van der Waals surface area contributed by atoms with Gasteiger partial charge >= 0.3 is 5.97 Å². The second-order valence-corrected chi connectivity index (χ2v) is 4.90. The molecule has 0 radical (unpaired) electrons. The predicted molar refractivity (Wildman–Crippen MR) is 80.5 cm³/mol. The van der Waals surface area contributed by atoms with Crippen molar-refractivity contribution < 1.29 is 14.3 Å². The van der Waals surface area contributed by atoms with Crippen molar-refractivity contribution in [3.05, 3.63) is 23.9 Å². The quantitative estimate of drug-likeness (QED) is 0.585. The Morgan fingerprint density at radius 3 is 2.90 bits per heavy atom. The molecule has 0 amide bonds. The van der Waals surface area contributed by atoms with Gasteiger partial charge in [0.2, 0.25) is 0 Å². The first-order valence-corrected chi connectivity index (χ1v) is 7.49. The Kier molecular flexibility index (Phi) is 6.43. The maximum absolute atomic E-state index is 11.5. The van der Waals surface area contributed by atoms with E-state index in [1.807, 2.05) is 0 Å². The molecule has 1 aliphatic rings. The van der Waals surface area contributed by atoms with Crippen molar-refractivity contribution in [2.75, 3.05) is 38.2 Å². The van der Waals surface area contributed by atoms with Crippen LogP contribution in [0.25, 0.3) is 0 Å². The van der Waals surface area contributed by atoms with Gasteiger partial charge in [0, 0.05) is 12.7 Å². The van der Waals surface area contributed by atoms with Crippen molar-refractivity contribution >= 4 is 11.8 Å². The highest BCUT2D eigenvalue weighted by atomic mass is 16.5. The van der Waals surface area contributed by atoms with Crippen LogP contribution in [0.2, 0.25) is 0 Å². The largest absolute Gasteiger partial charge is 0.462 e. The molecule has 1 fully saturated rings. The predicted octanol–water partition coefficient (Wildman–Crippen LogP) is 1.44. The minimum Gasteiger partial charge on any atom is -0.462 e. The van der Waals surface area contributed by atoms with Crippen LogP contribution in [0.15, 0.2) is 18.3 Å². The zero-order valence-corrected chi connectivity index (χ0v) is 12.4. The fourth-order valence-corrected chi connectivity index (χ4v) is 2.20. The molecule has 1 aromatic rings. The number of esters is 1. The van der Waals surface area contributed by atoms with Crippen molar-refractivity contribution in [1.29, 1.82) is 0 Å². The average Bonchev–Trinajstić information content (AvgIpc) is 2.53. The molecule has 21 heavy (non-hydrogen) atoms. The smallest absolute Gasteiger partial charge is 0.339 e. The van der Waals surface area contributed by atoms with E-state index in [0.29, 0.717) is 31.4 Å². The van der Waals surface area contributed by atoms with Gasteiger partial charge in [0.05, 0.1) is 24.9 Å². The number of rotatable bonds is 7. The third kappa shape index (κ3) is 5.32. The summed E-state index contributed by atoms with van der Waals surface area (Å²) in [4.78, 5) is 15.7. The van der Waals surface area contributed by atoms with Crippen molar-refractivity contribution in [2.24, 2.45) is 0 Å². The minimum absolute atomic E-state index is 0.342. The Morgan fingerprint density at radius 1 is 1.43 bits per heavy atom. The minimum atomic E-state index is -0.342. The maximum Gasteiger partial charge on any atom is 0.339 e. The third-order valence-corrected chi connectivity index (χ3v) is 3.32. The van der Waals surface area contributed by atoms with E-state index in [1.54, 1.807) is 19.1 Å². The van der Waals surface area contributed by atoms with Crippen LogP contribution in [0.5, 0.6) is 0 Å². The van der Waals surface area contributed by atoms with Crippen LogP contribution in [0.3, 0.4) is 0 Å². The van der Waals surface area contributed by atoms with Crippen LogP contribution >= 0.6 is 0 Å². The Morgan fingerprint density at radius 2 is 2.24 bits per heavy atom. The summed E-state index contributed by atoms with van der Waals surface area (Å²) >= 11 is 0. The monoisotopic (exact) mass is 293 g/mol. The Hall–Kier alpha value is -1.66. The average molecular weight is 293 g/mol. The first-order valence-electron chi connectivity index (χ1n) is 7.49. The number of piperidine rings is 1. The number of pyridine rings is 1. The standard InChI is InChI=1S/C15H23N3O3/c1-2-20-15(19)12-3-4-14(18-11-12)17-9-10-21-13-5-7-16-8-6-13/h3-4,11,13,16H,2,5-10H2,1H3,(H,17,18). The zero-order valence-electron chi connectivity index (χ0n) is 12.4. The van der Waals surface area contributed by atoms with Gasteiger partial charge in [-0.2, -0.15) is 0 Å². The van der Waals surface area contributed by atoms with Gasteiger partial charge in [-0.1, -0.05) is 0 Å². The molecule has 2 rings (SSSR count). The molecular weight excluding hydrogens is 270 g/mol. The Balaban J connectivity index is 1.67. The summed E-state index contributed by atoms with van der Waals surface area (Å²) in [7, 11) is 0. The molecule has 0 aliphatic carbocycles. The number of nitrogens with zero attached hydrogens (tertiary/aromatic N) is 1. The number of carbonyl (C=O) groups is 1. The fourth-order valence-electron chi connectivity index (χ4n) is 2.20. The first-order chi connectivity index (χ1) is 10.3. The zero-order chi connectivity index (χ0) is 14.9. The van der Waals surface area contributed by atoms with Crippen LogP contribution in [-0.4, -0.2) is 49.9 Å². The SMILES string of the molecule is CCOC(=O)c1ccc(NCCOC2CCNCC2)nc1. The van der Waals surface area contributed by atoms with Gasteiger partial charge in [-0.15, -0.1) is 0 Å². The molecular formula is C15H23N3O3. The molecule has 1 aromatic heterocycles. The fraction of sp³-hybridized carbons (Fsp3) is 0.600. The van der Waals surface area contributed by atoms with Crippen molar-refractivity contribution in [3.63, 3.8) is 0 Å². The number of ether oxygens (including phenoxy) is 2. The lowest BCUT2D eigenvalue weighted by Crippen LogP contribution is -2.33. The van der Waals surface area contributed by atoms with E-state index < -0.39 is 0 Å². The summed E-state index contributed by atoms with van der Waals surface area (Å²) in [5, 5.41) is 6.49. The number of hydrogen-bond acceptors (Lipinski definition) is 6. The van der Waals surface area contributed by atoms with E-state index in [1.165, 1.54) is 6.20 Å². The summed E-state index contributed by atoms with van der Waals surface area (Å²) in [5.41, 5.74) is 0.466. The topological polar surface area (TPSA) is 72.5 Å². The number of carbonyl (C=O) groups excluding carboxylic acids is 1. The summed E-state index contributed by atoms with van der Waals surface area (Å²) in [6.07, 6.45) is 4.04. The van der Waals surface area contributed by atoms with Gasteiger partial charge in [-0.05, 0) is 45.0 Å². The van der Waals surface area contributed by atoms with E-state index >= 15 is 0 Å². The van der Waals surface area contributed by atoms with E-state index in [9.17, 15) is 4.79 Å². The van der Waals surface area contributed by atoms with Gasteiger partial charge in [0.15, 0.2) is 0 Å². The molecule has 0 aromatic carbocycles. The molecule has 1 aliphatic heterocycles. The summed E-state index contributed by atoms with van der Waals surface area (Å²) in [5.74, 6) is 0.391. The highest BCUT2D eigenvalue weighted by Crippen LogP contribution is 2.08. The van der Waals surface area contributed by atoms with Crippen LogP contribution in [0.1, 0.15) is 30.1 Å².